The maximum absolute atomic E-state index is 13.3. The van der Waals surface area contributed by atoms with Crippen LogP contribution in [0.1, 0.15) is 15.9 Å². The number of fused-ring (bicyclic) bond motifs is 1. The number of aromatic amines is 1. The zero-order valence-electron chi connectivity index (χ0n) is 11.7. The number of nitrogens with one attached hydrogen (secondary N) is 2. The molecule has 0 aliphatic heterocycles. The van der Waals surface area contributed by atoms with Crippen molar-refractivity contribution in [2.45, 2.75) is 6.42 Å². The van der Waals surface area contributed by atoms with Crippen LogP contribution in [0.4, 0.5) is 4.39 Å². The second kappa shape index (κ2) is 6.32. The number of amides is 1. The van der Waals surface area contributed by atoms with Crippen LogP contribution >= 0.6 is 15.9 Å². The molecule has 2 N–H and O–H groups in total. The molecule has 0 aliphatic carbocycles. The van der Waals surface area contributed by atoms with Crippen LogP contribution in [0.3, 0.4) is 0 Å². The molecule has 112 valence electrons. The van der Waals surface area contributed by atoms with E-state index in [1.54, 1.807) is 18.2 Å². The molecule has 2 aromatic carbocycles. The maximum Gasteiger partial charge on any atom is 0.251 e. The Labute approximate surface area is 135 Å². The molecular weight excluding hydrogens is 347 g/mol. The topological polar surface area (TPSA) is 44.9 Å². The molecule has 0 unspecified atom stereocenters. The van der Waals surface area contributed by atoms with Crippen LogP contribution in [0.2, 0.25) is 0 Å². The minimum Gasteiger partial charge on any atom is -0.361 e. The van der Waals surface area contributed by atoms with Gasteiger partial charge in [-0.15, -0.1) is 0 Å². The monoisotopic (exact) mass is 360 g/mol. The van der Waals surface area contributed by atoms with Gasteiger partial charge in [-0.05, 0) is 54.4 Å². The Morgan fingerprint density at radius 2 is 1.95 bits per heavy atom. The maximum atomic E-state index is 13.3. The first-order valence-electron chi connectivity index (χ1n) is 6.93. The molecule has 0 aliphatic rings. The van der Waals surface area contributed by atoms with Gasteiger partial charge in [-0.2, -0.15) is 0 Å². The Bertz CT molecular complexity index is 811. The van der Waals surface area contributed by atoms with E-state index in [9.17, 15) is 9.18 Å². The standard InChI is InChI=1S/C17H14BrFN2O/c18-13-3-1-11(2-4-13)17(22)20-8-7-12-10-21-16-6-5-14(19)9-15(12)16/h1-6,9-10,21H,7-8H2,(H,20,22). The number of benzene rings is 2. The molecule has 22 heavy (non-hydrogen) atoms. The van der Waals surface area contributed by atoms with Gasteiger partial charge in [0, 0.05) is 33.7 Å². The van der Waals surface area contributed by atoms with Crippen molar-refractivity contribution in [1.82, 2.24) is 10.3 Å². The molecule has 1 heterocycles. The van der Waals surface area contributed by atoms with Crippen LogP contribution in [-0.4, -0.2) is 17.4 Å². The highest BCUT2D eigenvalue weighted by molar-refractivity contribution is 9.10. The average Bonchev–Trinajstić information content (AvgIpc) is 2.90. The van der Waals surface area contributed by atoms with Gasteiger partial charge in [0.15, 0.2) is 0 Å². The van der Waals surface area contributed by atoms with Crippen LogP contribution in [0.5, 0.6) is 0 Å². The Balaban J connectivity index is 1.63. The van der Waals surface area contributed by atoms with E-state index in [4.69, 9.17) is 0 Å². The summed E-state index contributed by atoms with van der Waals surface area (Å²) in [5.74, 6) is -0.370. The molecular formula is C17H14BrFN2O. The quantitative estimate of drug-likeness (QED) is 0.724. The van der Waals surface area contributed by atoms with Crippen molar-refractivity contribution >= 4 is 32.7 Å². The Morgan fingerprint density at radius 1 is 1.18 bits per heavy atom. The lowest BCUT2D eigenvalue weighted by molar-refractivity contribution is 0.0954. The number of H-pyrrole nitrogens is 1. The lowest BCUT2D eigenvalue weighted by Gasteiger charge is -2.05. The van der Waals surface area contributed by atoms with Crippen molar-refractivity contribution in [3.05, 3.63) is 70.1 Å². The molecule has 3 aromatic rings. The molecule has 0 saturated carbocycles. The van der Waals surface area contributed by atoms with Crippen molar-refractivity contribution < 1.29 is 9.18 Å². The van der Waals surface area contributed by atoms with E-state index in [0.29, 0.717) is 18.5 Å². The summed E-state index contributed by atoms with van der Waals surface area (Å²) >= 11 is 3.34. The number of aromatic nitrogens is 1. The molecule has 1 aromatic heterocycles. The van der Waals surface area contributed by atoms with Gasteiger partial charge in [0.1, 0.15) is 5.82 Å². The molecule has 1 amide bonds. The van der Waals surface area contributed by atoms with E-state index in [1.807, 2.05) is 18.3 Å². The first-order valence-corrected chi connectivity index (χ1v) is 7.72. The van der Waals surface area contributed by atoms with Crippen molar-refractivity contribution in [3.63, 3.8) is 0 Å². The highest BCUT2D eigenvalue weighted by atomic mass is 79.9. The third-order valence-electron chi connectivity index (χ3n) is 3.52. The number of halogens is 2. The molecule has 0 atom stereocenters. The average molecular weight is 361 g/mol. The SMILES string of the molecule is O=C(NCCc1c[nH]c2ccc(F)cc12)c1ccc(Br)cc1. The van der Waals surface area contributed by atoms with Gasteiger partial charge < -0.3 is 10.3 Å². The van der Waals surface area contributed by atoms with Gasteiger partial charge in [-0.1, -0.05) is 15.9 Å². The molecule has 0 spiro atoms. The second-order valence-electron chi connectivity index (χ2n) is 5.02. The van der Waals surface area contributed by atoms with Gasteiger partial charge in [0.05, 0.1) is 0 Å². The third kappa shape index (κ3) is 3.20. The van der Waals surface area contributed by atoms with Gasteiger partial charge in [0.25, 0.3) is 5.91 Å². The number of hydrogen-bond donors (Lipinski definition) is 2. The normalized spacial score (nSPS) is 10.8. The van der Waals surface area contributed by atoms with Gasteiger partial charge in [0.2, 0.25) is 0 Å². The number of carbonyl (C=O) groups excluding carboxylic acids is 1. The first kappa shape index (κ1) is 14.8. The second-order valence-corrected chi connectivity index (χ2v) is 5.93. The van der Waals surface area contributed by atoms with E-state index < -0.39 is 0 Å². The summed E-state index contributed by atoms with van der Waals surface area (Å²) in [7, 11) is 0. The largest absolute Gasteiger partial charge is 0.361 e. The summed E-state index contributed by atoms with van der Waals surface area (Å²) in [6.45, 7) is 0.498. The smallest absolute Gasteiger partial charge is 0.251 e. The Morgan fingerprint density at radius 3 is 2.73 bits per heavy atom. The Hall–Kier alpha value is -2.14. The zero-order chi connectivity index (χ0) is 15.5. The van der Waals surface area contributed by atoms with E-state index in [2.05, 4.69) is 26.2 Å². The van der Waals surface area contributed by atoms with Crippen LogP contribution in [-0.2, 0) is 6.42 Å². The summed E-state index contributed by atoms with van der Waals surface area (Å²) in [5, 5.41) is 3.73. The predicted molar refractivity (Wildman–Crippen MR) is 88.4 cm³/mol. The van der Waals surface area contributed by atoms with Gasteiger partial charge in [-0.25, -0.2) is 4.39 Å². The fourth-order valence-corrected chi connectivity index (χ4v) is 2.64. The number of hydrogen-bond acceptors (Lipinski definition) is 1. The number of carbonyl (C=O) groups is 1. The fraction of sp³-hybridized carbons (Fsp3) is 0.118. The van der Waals surface area contributed by atoms with E-state index in [1.165, 1.54) is 12.1 Å². The highest BCUT2D eigenvalue weighted by Gasteiger charge is 2.07. The summed E-state index contributed by atoms with van der Waals surface area (Å²) in [6, 6.07) is 11.8. The van der Waals surface area contributed by atoms with E-state index in [-0.39, 0.29) is 11.7 Å². The summed E-state index contributed by atoms with van der Waals surface area (Å²) in [5.41, 5.74) is 2.51. The van der Waals surface area contributed by atoms with Crippen LogP contribution in [0.15, 0.2) is 53.1 Å². The Kier molecular flexibility index (Phi) is 4.24. The minimum absolute atomic E-state index is 0.112. The molecule has 3 nitrogen and oxygen atoms in total. The van der Waals surface area contributed by atoms with Crippen molar-refractivity contribution in [1.29, 1.82) is 0 Å². The molecule has 0 bridgehead atoms. The highest BCUT2D eigenvalue weighted by Crippen LogP contribution is 2.19. The summed E-state index contributed by atoms with van der Waals surface area (Å²) in [6.07, 6.45) is 2.50. The summed E-state index contributed by atoms with van der Waals surface area (Å²) < 4.78 is 14.2. The molecule has 3 rings (SSSR count). The van der Waals surface area contributed by atoms with Gasteiger partial charge in [-0.3, -0.25) is 4.79 Å². The van der Waals surface area contributed by atoms with Crippen LogP contribution in [0, 0.1) is 5.82 Å². The van der Waals surface area contributed by atoms with E-state index in [0.717, 1.165) is 20.9 Å². The minimum atomic E-state index is -0.257. The number of rotatable bonds is 4. The third-order valence-corrected chi connectivity index (χ3v) is 4.04. The van der Waals surface area contributed by atoms with Crippen molar-refractivity contribution in [2.75, 3.05) is 6.54 Å². The first-order chi connectivity index (χ1) is 10.6. The summed E-state index contributed by atoms with van der Waals surface area (Å²) in [4.78, 5) is 15.1. The zero-order valence-corrected chi connectivity index (χ0v) is 13.3. The molecule has 0 radical (unpaired) electrons. The van der Waals surface area contributed by atoms with Crippen LogP contribution < -0.4 is 5.32 Å². The molecule has 5 heteroatoms. The lowest BCUT2D eigenvalue weighted by Crippen LogP contribution is -2.25. The fourth-order valence-electron chi connectivity index (χ4n) is 2.37. The lowest BCUT2D eigenvalue weighted by atomic mass is 10.1. The van der Waals surface area contributed by atoms with Crippen molar-refractivity contribution in [3.8, 4) is 0 Å². The van der Waals surface area contributed by atoms with Crippen LogP contribution in [0.25, 0.3) is 10.9 Å². The molecule has 0 saturated heterocycles. The van der Waals surface area contributed by atoms with Crippen molar-refractivity contribution in [2.24, 2.45) is 0 Å². The predicted octanol–water partition coefficient (Wildman–Crippen LogP) is 4.04. The van der Waals surface area contributed by atoms with Gasteiger partial charge >= 0.3 is 0 Å². The van der Waals surface area contributed by atoms with E-state index >= 15 is 0 Å². The molecule has 0 fully saturated rings.